The lowest BCUT2D eigenvalue weighted by Crippen LogP contribution is -2.62. The molecule has 0 radical (unpaired) electrons. The van der Waals surface area contributed by atoms with E-state index >= 15 is 0 Å². The van der Waals surface area contributed by atoms with Gasteiger partial charge in [-0.25, -0.2) is 0 Å². The highest BCUT2D eigenvalue weighted by Gasteiger charge is 2.39. The molecule has 0 bridgehead atoms. The van der Waals surface area contributed by atoms with E-state index < -0.39 is 0 Å². The number of aromatic nitrogens is 1. The van der Waals surface area contributed by atoms with E-state index in [1.54, 1.807) is 14.2 Å². The number of pyridine rings is 1. The lowest BCUT2D eigenvalue weighted by atomic mass is 9.79. The molecule has 0 atom stereocenters. The molecule has 1 fully saturated rings. The van der Waals surface area contributed by atoms with E-state index in [2.05, 4.69) is 67.2 Å². The molecular formula is C24H35N3O2. The molecule has 1 aromatic heterocycles. The van der Waals surface area contributed by atoms with Gasteiger partial charge in [0.1, 0.15) is 0 Å². The van der Waals surface area contributed by atoms with Crippen LogP contribution in [-0.2, 0) is 13.1 Å². The van der Waals surface area contributed by atoms with Crippen molar-refractivity contribution in [2.24, 2.45) is 0 Å². The molecule has 0 saturated carbocycles. The summed E-state index contributed by atoms with van der Waals surface area (Å²) in [6.07, 6.45) is 5.96. The van der Waals surface area contributed by atoms with E-state index in [0.717, 1.165) is 37.4 Å². The third-order valence-corrected chi connectivity index (χ3v) is 5.65. The summed E-state index contributed by atoms with van der Waals surface area (Å²) in [5.74, 6) is 1.54. The highest BCUT2D eigenvalue weighted by molar-refractivity contribution is 5.42. The van der Waals surface area contributed by atoms with Crippen LogP contribution in [0.3, 0.4) is 0 Å². The normalized spacial score (nSPS) is 18.6. The predicted molar refractivity (Wildman–Crippen MR) is 117 cm³/mol. The molecule has 1 aromatic carbocycles. The summed E-state index contributed by atoms with van der Waals surface area (Å²) in [5.41, 5.74) is 2.71. The van der Waals surface area contributed by atoms with Crippen molar-refractivity contribution in [3.05, 3.63) is 53.9 Å². The Morgan fingerprint density at radius 3 is 2.07 bits per heavy atom. The van der Waals surface area contributed by atoms with Crippen LogP contribution in [0.15, 0.2) is 42.7 Å². The number of rotatable bonds is 7. The molecule has 1 N–H and O–H groups in total. The average molecular weight is 398 g/mol. The Morgan fingerprint density at radius 1 is 0.897 bits per heavy atom. The first-order chi connectivity index (χ1) is 13.7. The van der Waals surface area contributed by atoms with Crippen LogP contribution in [0.25, 0.3) is 0 Å². The summed E-state index contributed by atoms with van der Waals surface area (Å²) < 4.78 is 10.9. The van der Waals surface area contributed by atoms with Gasteiger partial charge in [0.15, 0.2) is 11.5 Å². The van der Waals surface area contributed by atoms with Crippen LogP contribution < -0.4 is 14.8 Å². The minimum Gasteiger partial charge on any atom is -0.493 e. The largest absolute Gasteiger partial charge is 0.493 e. The van der Waals surface area contributed by atoms with E-state index in [1.165, 1.54) is 11.1 Å². The van der Waals surface area contributed by atoms with Gasteiger partial charge in [-0.1, -0.05) is 6.07 Å². The highest BCUT2D eigenvalue weighted by Crippen LogP contribution is 2.34. The number of piperidine rings is 1. The van der Waals surface area contributed by atoms with Crippen molar-refractivity contribution < 1.29 is 9.47 Å². The quantitative estimate of drug-likeness (QED) is 0.750. The second-order valence-electron chi connectivity index (χ2n) is 9.40. The van der Waals surface area contributed by atoms with Gasteiger partial charge in [-0.2, -0.15) is 0 Å². The summed E-state index contributed by atoms with van der Waals surface area (Å²) in [6, 6.07) is 10.9. The number of hydrogen-bond acceptors (Lipinski definition) is 5. The van der Waals surface area contributed by atoms with E-state index in [-0.39, 0.29) is 11.1 Å². The van der Waals surface area contributed by atoms with Crippen LogP contribution in [0.1, 0.15) is 51.7 Å². The van der Waals surface area contributed by atoms with E-state index in [0.29, 0.717) is 6.04 Å². The molecule has 1 saturated heterocycles. The summed E-state index contributed by atoms with van der Waals surface area (Å²) in [5, 5.41) is 3.80. The molecule has 1 aliphatic rings. The molecule has 2 heterocycles. The van der Waals surface area contributed by atoms with Crippen LogP contribution in [0.5, 0.6) is 11.5 Å². The fraction of sp³-hybridized carbons (Fsp3) is 0.542. The predicted octanol–water partition coefficient (Wildman–Crippen LogP) is 4.41. The van der Waals surface area contributed by atoms with Gasteiger partial charge in [0, 0.05) is 42.6 Å². The number of hydrogen-bond donors (Lipinski definition) is 1. The Hall–Kier alpha value is -2.11. The molecule has 0 aliphatic carbocycles. The van der Waals surface area contributed by atoms with Crippen LogP contribution in [0.2, 0.25) is 0 Å². The first kappa shape index (κ1) is 21.6. The molecule has 3 rings (SSSR count). The number of ether oxygens (including phenoxy) is 2. The molecule has 0 unspecified atom stereocenters. The number of nitrogens with one attached hydrogen (secondary N) is 1. The summed E-state index contributed by atoms with van der Waals surface area (Å²) >= 11 is 0. The van der Waals surface area contributed by atoms with E-state index in [9.17, 15) is 0 Å². The van der Waals surface area contributed by atoms with Gasteiger partial charge in [-0.15, -0.1) is 0 Å². The zero-order valence-corrected chi connectivity index (χ0v) is 18.7. The highest BCUT2D eigenvalue weighted by atomic mass is 16.5. The Kier molecular flexibility index (Phi) is 6.49. The maximum atomic E-state index is 5.53. The maximum absolute atomic E-state index is 5.53. The van der Waals surface area contributed by atoms with Crippen LogP contribution in [0.4, 0.5) is 0 Å². The SMILES string of the molecule is COc1ccc(CN(Cc2ccncc2)C2CC(C)(C)NC(C)(C)C2)cc1OC. The Balaban J connectivity index is 1.89. The number of benzene rings is 1. The zero-order valence-electron chi connectivity index (χ0n) is 18.7. The van der Waals surface area contributed by atoms with E-state index in [1.807, 2.05) is 18.5 Å². The first-order valence-corrected chi connectivity index (χ1v) is 10.3. The molecule has 1 aliphatic heterocycles. The van der Waals surface area contributed by atoms with Crippen molar-refractivity contribution in [2.45, 2.75) is 70.7 Å². The van der Waals surface area contributed by atoms with Crippen molar-refractivity contribution >= 4 is 0 Å². The van der Waals surface area contributed by atoms with Crippen LogP contribution >= 0.6 is 0 Å². The maximum Gasteiger partial charge on any atom is 0.161 e. The molecule has 29 heavy (non-hydrogen) atoms. The van der Waals surface area contributed by atoms with Crippen molar-refractivity contribution in [3.63, 3.8) is 0 Å². The second-order valence-corrected chi connectivity index (χ2v) is 9.40. The van der Waals surface area contributed by atoms with Crippen molar-refractivity contribution in [1.82, 2.24) is 15.2 Å². The Bertz CT molecular complexity index is 789. The Morgan fingerprint density at radius 2 is 1.48 bits per heavy atom. The lowest BCUT2D eigenvalue weighted by molar-refractivity contribution is 0.0563. The molecule has 158 valence electrons. The smallest absolute Gasteiger partial charge is 0.161 e. The Labute approximate surface area is 175 Å². The third-order valence-electron chi connectivity index (χ3n) is 5.65. The first-order valence-electron chi connectivity index (χ1n) is 10.3. The fourth-order valence-electron chi connectivity index (χ4n) is 4.78. The molecular weight excluding hydrogens is 362 g/mol. The second kappa shape index (κ2) is 8.72. The van der Waals surface area contributed by atoms with Gasteiger partial charge in [0.2, 0.25) is 0 Å². The number of nitrogens with zero attached hydrogens (tertiary/aromatic N) is 2. The van der Waals surface area contributed by atoms with Crippen molar-refractivity contribution in [1.29, 1.82) is 0 Å². The number of methoxy groups -OCH3 is 2. The molecule has 0 spiro atoms. The summed E-state index contributed by atoms with van der Waals surface area (Å²) in [7, 11) is 3.36. The monoisotopic (exact) mass is 397 g/mol. The molecule has 5 nitrogen and oxygen atoms in total. The van der Waals surface area contributed by atoms with Gasteiger partial charge in [0.25, 0.3) is 0 Å². The van der Waals surface area contributed by atoms with Gasteiger partial charge in [-0.05, 0) is 75.9 Å². The summed E-state index contributed by atoms with van der Waals surface area (Å²) in [4.78, 5) is 6.78. The minimum atomic E-state index is 0.0977. The van der Waals surface area contributed by atoms with Crippen molar-refractivity contribution in [2.75, 3.05) is 14.2 Å². The van der Waals surface area contributed by atoms with E-state index in [4.69, 9.17) is 9.47 Å². The lowest BCUT2D eigenvalue weighted by Gasteiger charge is -2.49. The average Bonchev–Trinajstić information content (AvgIpc) is 2.65. The standard InChI is InChI=1S/C24H35N3O2/c1-23(2)14-20(15-24(3,4)26-23)27(16-18-9-11-25-12-10-18)17-19-7-8-21(28-5)22(13-19)29-6/h7-13,20,26H,14-17H2,1-6H3. The van der Waals surface area contributed by atoms with Gasteiger partial charge >= 0.3 is 0 Å². The van der Waals surface area contributed by atoms with Gasteiger partial charge < -0.3 is 14.8 Å². The minimum absolute atomic E-state index is 0.0977. The molecule has 0 amide bonds. The zero-order chi connectivity index (χ0) is 21.1. The van der Waals surface area contributed by atoms with Gasteiger partial charge in [-0.3, -0.25) is 9.88 Å². The molecule has 5 heteroatoms. The topological polar surface area (TPSA) is 46.6 Å². The third kappa shape index (κ3) is 5.71. The van der Waals surface area contributed by atoms with Crippen LogP contribution in [0, 0.1) is 0 Å². The van der Waals surface area contributed by atoms with Gasteiger partial charge in [0.05, 0.1) is 14.2 Å². The molecule has 2 aromatic rings. The van der Waals surface area contributed by atoms with Crippen LogP contribution in [-0.4, -0.2) is 41.2 Å². The van der Waals surface area contributed by atoms with Crippen molar-refractivity contribution in [3.8, 4) is 11.5 Å². The fourth-order valence-corrected chi connectivity index (χ4v) is 4.78. The summed E-state index contributed by atoms with van der Waals surface area (Å²) in [6.45, 7) is 11.0.